The molecule has 0 aliphatic heterocycles. The van der Waals surface area contributed by atoms with E-state index in [-0.39, 0.29) is 5.88 Å². The molecule has 1 unspecified atom stereocenters. The van der Waals surface area contributed by atoms with Gasteiger partial charge in [-0.15, -0.1) is 11.6 Å². The summed E-state index contributed by atoms with van der Waals surface area (Å²) in [7, 11) is 0. The number of nitrogens with zero attached hydrogens (tertiary/aromatic N) is 2. The monoisotopic (exact) mass is 420 g/mol. The van der Waals surface area contributed by atoms with Crippen LogP contribution in [0.15, 0.2) is 12.1 Å². The number of benzene rings is 1. The summed E-state index contributed by atoms with van der Waals surface area (Å²) < 4.78 is 53.0. The van der Waals surface area contributed by atoms with Gasteiger partial charge in [0.05, 0.1) is 26.9 Å². The topological polar surface area (TPSA) is 17.8 Å². The number of fused-ring (bicyclic) bond motifs is 1. The van der Waals surface area contributed by atoms with Crippen LogP contribution in [-0.4, -0.2) is 15.7 Å². The Morgan fingerprint density at radius 1 is 1.40 bits per heavy atom. The molecule has 2 aromatic rings. The molecule has 2 nitrogen and oxygen atoms in total. The second kappa shape index (κ2) is 5.67. The highest BCUT2D eigenvalue weighted by molar-refractivity contribution is 14.1. The summed E-state index contributed by atoms with van der Waals surface area (Å²) in [5.41, 5.74) is 0.774. The highest BCUT2D eigenvalue weighted by atomic mass is 127. The summed E-state index contributed by atoms with van der Waals surface area (Å²) in [6, 6.07) is 1.80. The first-order valence-corrected chi connectivity index (χ1v) is 7.33. The zero-order valence-corrected chi connectivity index (χ0v) is 13.2. The Labute approximate surface area is 131 Å². The van der Waals surface area contributed by atoms with Crippen molar-refractivity contribution in [2.24, 2.45) is 0 Å². The van der Waals surface area contributed by atoms with E-state index in [4.69, 9.17) is 11.6 Å². The Morgan fingerprint density at radius 2 is 2.05 bits per heavy atom. The van der Waals surface area contributed by atoms with Crippen LogP contribution in [0.4, 0.5) is 17.6 Å². The molecule has 1 atom stereocenters. The lowest BCUT2D eigenvalue weighted by Gasteiger charge is -2.18. The number of rotatable bonds is 3. The molecule has 0 aliphatic carbocycles. The van der Waals surface area contributed by atoms with Gasteiger partial charge >= 0.3 is 6.18 Å². The minimum absolute atomic E-state index is 0.0327. The molecule has 0 spiro atoms. The van der Waals surface area contributed by atoms with Crippen LogP contribution < -0.4 is 0 Å². The van der Waals surface area contributed by atoms with E-state index in [1.165, 1.54) is 23.6 Å². The third-order valence-electron chi connectivity index (χ3n) is 2.89. The summed E-state index contributed by atoms with van der Waals surface area (Å²) in [6.45, 7) is 1.42. The first kappa shape index (κ1) is 15.8. The first-order chi connectivity index (χ1) is 9.23. The molecule has 110 valence electrons. The number of hydrogen-bond donors (Lipinski definition) is 0. The van der Waals surface area contributed by atoms with Gasteiger partial charge in [0.1, 0.15) is 11.6 Å². The number of hydrogen-bond acceptors (Lipinski definition) is 1. The van der Waals surface area contributed by atoms with Gasteiger partial charge < -0.3 is 4.57 Å². The van der Waals surface area contributed by atoms with Crippen molar-refractivity contribution >= 4 is 45.2 Å². The molecule has 1 aromatic heterocycles. The Kier molecular flexibility index (Phi) is 4.48. The summed E-state index contributed by atoms with van der Waals surface area (Å²) >= 11 is 7.55. The number of halogens is 6. The van der Waals surface area contributed by atoms with Crippen LogP contribution in [-0.2, 0) is 5.88 Å². The van der Waals surface area contributed by atoms with Gasteiger partial charge in [0.25, 0.3) is 0 Å². The fourth-order valence-corrected chi connectivity index (χ4v) is 2.79. The van der Waals surface area contributed by atoms with Crippen molar-refractivity contribution in [2.45, 2.75) is 31.4 Å². The van der Waals surface area contributed by atoms with Crippen molar-refractivity contribution in [3.63, 3.8) is 0 Å². The van der Waals surface area contributed by atoms with Crippen LogP contribution in [0.1, 0.15) is 25.2 Å². The smallest absolute Gasteiger partial charge is 0.324 e. The minimum Gasteiger partial charge on any atom is -0.324 e. The summed E-state index contributed by atoms with van der Waals surface area (Å²) in [4.78, 5) is 4.18. The van der Waals surface area contributed by atoms with Gasteiger partial charge in [-0.25, -0.2) is 9.37 Å². The normalized spacial score (nSPS) is 13.9. The van der Waals surface area contributed by atoms with E-state index in [1.807, 2.05) is 22.6 Å². The lowest BCUT2D eigenvalue weighted by Crippen LogP contribution is -2.18. The second-order valence-electron chi connectivity index (χ2n) is 4.46. The Morgan fingerprint density at radius 3 is 2.60 bits per heavy atom. The van der Waals surface area contributed by atoms with Gasteiger partial charge in [-0.2, -0.15) is 13.2 Å². The van der Waals surface area contributed by atoms with Crippen LogP contribution in [0.2, 0.25) is 0 Å². The van der Waals surface area contributed by atoms with Crippen molar-refractivity contribution in [3.05, 3.63) is 27.3 Å². The highest BCUT2D eigenvalue weighted by Crippen LogP contribution is 2.32. The average molecular weight is 421 g/mol. The van der Waals surface area contributed by atoms with E-state index in [9.17, 15) is 17.6 Å². The van der Waals surface area contributed by atoms with Gasteiger partial charge in [0, 0.05) is 12.1 Å². The average Bonchev–Trinajstić information content (AvgIpc) is 2.65. The summed E-state index contributed by atoms with van der Waals surface area (Å²) in [6.07, 6.45) is -5.32. The standard InChI is InChI=1S/C12H10ClF4IN2/c1-6(4-12(15,16)17)20-10-2-7(14)8(18)3-9(10)19-11(20)5-13/h2-3,6H,4-5H2,1H3. The van der Waals surface area contributed by atoms with Crippen LogP contribution in [0.5, 0.6) is 0 Å². The minimum atomic E-state index is -4.30. The van der Waals surface area contributed by atoms with Gasteiger partial charge in [0.2, 0.25) is 0 Å². The fraction of sp³-hybridized carbons (Fsp3) is 0.417. The molecule has 1 heterocycles. The van der Waals surface area contributed by atoms with E-state index < -0.39 is 24.5 Å². The first-order valence-electron chi connectivity index (χ1n) is 5.71. The Balaban J connectivity index is 2.58. The molecule has 0 saturated carbocycles. The predicted molar refractivity (Wildman–Crippen MR) is 77.3 cm³/mol. The van der Waals surface area contributed by atoms with Crippen LogP contribution in [0, 0.1) is 9.39 Å². The molecule has 1 aromatic carbocycles. The fourth-order valence-electron chi connectivity index (χ4n) is 2.15. The molecule has 0 radical (unpaired) electrons. The maximum absolute atomic E-state index is 13.6. The third kappa shape index (κ3) is 3.19. The molecule has 8 heteroatoms. The maximum atomic E-state index is 13.6. The Hall–Kier alpha value is -0.570. The number of aromatic nitrogens is 2. The maximum Gasteiger partial charge on any atom is 0.391 e. The largest absolute Gasteiger partial charge is 0.391 e. The second-order valence-corrected chi connectivity index (χ2v) is 5.88. The molecule has 0 bridgehead atoms. The van der Waals surface area contributed by atoms with E-state index in [2.05, 4.69) is 4.98 Å². The molecular formula is C12H10ClF4IN2. The van der Waals surface area contributed by atoms with Gasteiger partial charge in [-0.05, 0) is 35.6 Å². The van der Waals surface area contributed by atoms with Crippen molar-refractivity contribution in [3.8, 4) is 0 Å². The van der Waals surface area contributed by atoms with Gasteiger partial charge in [-0.1, -0.05) is 0 Å². The molecule has 0 amide bonds. The Bertz CT molecular complexity index is 638. The van der Waals surface area contributed by atoms with E-state index in [0.717, 1.165) is 0 Å². The molecule has 2 rings (SSSR count). The number of imidazole rings is 1. The summed E-state index contributed by atoms with van der Waals surface area (Å²) in [5, 5.41) is 0. The molecule has 20 heavy (non-hydrogen) atoms. The van der Waals surface area contributed by atoms with Crippen LogP contribution >= 0.6 is 34.2 Å². The zero-order valence-electron chi connectivity index (χ0n) is 10.3. The SMILES string of the molecule is CC(CC(F)(F)F)n1c(CCl)nc2cc(I)c(F)cc21. The zero-order chi connectivity index (χ0) is 15.1. The predicted octanol–water partition coefficient (Wildman–Crippen LogP) is 5.03. The van der Waals surface area contributed by atoms with E-state index in [0.29, 0.717) is 20.4 Å². The van der Waals surface area contributed by atoms with E-state index >= 15 is 0 Å². The van der Waals surface area contributed by atoms with Crippen molar-refractivity contribution in [2.75, 3.05) is 0 Å². The molecular weight excluding hydrogens is 410 g/mol. The number of alkyl halides is 4. The van der Waals surface area contributed by atoms with Crippen LogP contribution in [0.3, 0.4) is 0 Å². The van der Waals surface area contributed by atoms with E-state index in [1.54, 1.807) is 0 Å². The molecule has 0 aliphatic rings. The summed E-state index contributed by atoms with van der Waals surface area (Å²) in [5.74, 6) is -0.214. The molecule has 0 saturated heterocycles. The lowest BCUT2D eigenvalue weighted by molar-refractivity contribution is -0.141. The van der Waals surface area contributed by atoms with Crippen molar-refractivity contribution in [1.29, 1.82) is 0 Å². The van der Waals surface area contributed by atoms with Crippen molar-refractivity contribution in [1.82, 2.24) is 9.55 Å². The van der Waals surface area contributed by atoms with Gasteiger partial charge in [0.15, 0.2) is 0 Å². The third-order valence-corrected chi connectivity index (χ3v) is 3.96. The highest BCUT2D eigenvalue weighted by Gasteiger charge is 2.32. The molecule has 0 N–H and O–H groups in total. The van der Waals surface area contributed by atoms with Crippen molar-refractivity contribution < 1.29 is 17.6 Å². The molecule has 0 fully saturated rings. The quantitative estimate of drug-likeness (QED) is 0.387. The van der Waals surface area contributed by atoms with Gasteiger partial charge in [-0.3, -0.25) is 0 Å². The van der Waals surface area contributed by atoms with Crippen LogP contribution in [0.25, 0.3) is 11.0 Å². The lowest BCUT2D eigenvalue weighted by atomic mass is 10.2.